The Morgan fingerprint density at radius 3 is 2.73 bits per heavy atom. The van der Waals surface area contributed by atoms with Crippen LogP contribution in [0.1, 0.15) is 28.7 Å². The molecule has 1 fully saturated rings. The Hall–Kier alpha value is -2.75. The number of carbonyl (C=O) groups is 1. The molecule has 2 aromatic carbocycles. The zero-order valence-corrected chi connectivity index (χ0v) is 14.7. The number of halogens is 1. The van der Waals surface area contributed by atoms with Crippen molar-refractivity contribution in [2.24, 2.45) is 10.9 Å². The van der Waals surface area contributed by atoms with E-state index in [-0.39, 0.29) is 11.2 Å². The number of rotatable bonds is 5. The summed E-state index contributed by atoms with van der Waals surface area (Å²) in [4.78, 5) is 15.8. The summed E-state index contributed by atoms with van der Waals surface area (Å²) < 4.78 is 20.4. The molecule has 26 heavy (non-hydrogen) atoms. The Bertz CT molecular complexity index is 916. The molecule has 0 bridgehead atoms. The second kappa shape index (κ2) is 6.20. The van der Waals surface area contributed by atoms with Crippen molar-refractivity contribution in [1.82, 2.24) is 0 Å². The number of aliphatic imine (C=N–C) groups is 1. The van der Waals surface area contributed by atoms with Crippen molar-refractivity contribution < 1.29 is 13.9 Å². The maximum atomic E-state index is 15.2. The minimum Gasteiger partial charge on any atom is -0.497 e. The van der Waals surface area contributed by atoms with Crippen molar-refractivity contribution in [3.8, 4) is 5.75 Å². The Balaban J connectivity index is 1.69. The lowest BCUT2D eigenvalue weighted by molar-refractivity contribution is -0.102. The molecule has 4 heteroatoms. The fourth-order valence-electron chi connectivity index (χ4n) is 4.14. The van der Waals surface area contributed by atoms with Crippen molar-refractivity contribution in [3.63, 3.8) is 0 Å². The smallest absolute Gasteiger partial charge is 0.168 e. The first-order chi connectivity index (χ1) is 12.6. The van der Waals surface area contributed by atoms with Crippen LogP contribution in [0.3, 0.4) is 0 Å². The van der Waals surface area contributed by atoms with Crippen LogP contribution in [0, 0.1) is 11.7 Å². The first kappa shape index (κ1) is 16.7. The van der Waals surface area contributed by atoms with Gasteiger partial charge in [-0.1, -0.05) is 36.9 Å². The molecular formula is C22H20FNO2. The molecule has 2 aliphatic rings. The van der Waals surface area contributed by atoms with Crippen LogP contribution >= 0.6 is 0 Å². The second-order valence-electron chi connectivity index (χ2n) is 7.02. The number of hydrogen-bond acceptors (Lipinski definition) is 3. The number of fused-ring (bicyclic) bond motifs is 2. The molecule has 1 heterocycles. The zero-order valence-electron chi connectivity index (χ0n) is 14.7. The summed E-state index contributed by atoms with van der Waals surface area (Å²) in [7, 11) is 1.65. The van der Waals surface area contributed by atoms with Crippen LogP contribution in [0.15, 0.2) is 48.0 Å². The van der Waals surface area contributed by atoms with Crippen LogP contribution in [0.25, 0.3) is 6.08 Å². The van der Waals surface area contributed by atoms with Crippen LogP contribution in [0.2, 0.25) is 0 Å². The van der Waals surface area contributed by atoms with E-state index in [4.69, 9.17) is 4.74 Å². The molecule has 132 valence electrons. The molecule has 4 rings (SSSR count). The number of benzene rings is 2. The molecule has 1 aliphatic heterocycles. The number of ether oxygens (including phenoxy) is 1. The monoisotopic (exact) mass is 349 g/mol. The topological polar surface area (TPSA) is 38.7 Å². The van der Waals surface area contributed by atoms with E-state index in [9.17, 15) is 4.79 Å². The number of hydrogen-bond donors (Lipinski definition) is 0. The lowest BCUT2D eigenvalue weighted by atomic mass is 9.82. The Morgan fingerprint density at radius 2 is 2.08 bits per heavy atom. The van der Waals surface area contributed by atoms with Crippen molar-refractivity contribution in [2.45, 2.75) is 18.3 Å². The van der Waals surface area contributed by atoms with Crippen LogP contribution in [-0.2, 0) is 16.6 Å². The molecule has 0 N–H and O–H groups in total. The molecule has 2 atom stereocenters. The van der Waals surface area contributed by atoms with E-state index >= 15 is 4.39 Å². The van der Waals surface area contributed by atoms with Gasteiger partial charge in [0, 0.05) is 28.7 Å². The summed E-state index contributed by atoms with van der Waals surface area (Å²) in [5.41, 5.74) is 2.97. The third-order valence-corrected chi connectivity index (χ3v) is 5.68. The van der Waals surface area contributed by atoms with Crippen LogP contribution < -0.4 is 4.74 Å². The SMILES string of the molecule is C=Cc1ccc2c(c1F)C1(CN=C2C=O)CC1Cc1ccc(OC)cc1. The van der Waals surface area contributed by atoms with E-state index in [2.05, 4.69) is 11.6 Å². The fraction of sp³-hybridized carbons (Fsp3) is 0.273. The highest BCUT2D eigenvalue weighted by molar-refractivity contribution is 6.37. The highest BCUT2D eigenvalue weighted by Crippen LogP contribution is 2.59. The van der Waals surface area contributed by atoms with Gasteiger partial charge in [0.1, 0.15) is 17.3 Å². The van der Waals surface area contributed by atoms with E-state index < -0.39 is 0 Å². The minimum atomic E-state index is -0.315. The molecule has 1 aliphatic carbocycles. The molecule has 0 amide bonds. The van der Waals surface area contributed by atoms with E-state index in [0.29, 0.717) is 34.9 Å². The Labute approximate surface area is 152 Å². The molecule has 0 radical (unpaired) electrons. The molecule has 1 saturated carbocycles. The molecule has 2 aromatic rings. The van der Waals surface area contributed by atoms with E-state index in [0.717, 1.165) is 24.9 Å². The van der Waals surface area contributed by atoms with Gasteiger partial charge in [0.05, 0.1) is 7.11 Å². The van der Waals surface area contributed by atoms with Gasteiger partial charge < -0.3 is 4.74 Å². The number of nitrogens with zero attached hydrogens (tertiary/aromatic N) is 1. The largest absolute Gasteiger partial charge is 0.497 e. The summed E-state index contributed by atoms with van der Waals surface area (Å²) in [5.74, 6) is 0.870. The van der Waals surface area contributed by atoms with Gasteiger partial charge in [-0.3, -0.25) is 9.79 Å². The first-order valence-corrected chi connectivity index (χ1v) is 8.71. The average molecular weight is 349 g/mol. The summed E-state index contributed by atoms with van der Waals surface area (Å²) in [5, 5.41) is 0. The van der Waals surface area contributed by atoms with Crippen LogP contribution in [0.4, 0.5) is 4.39 Å². The molecule has 1 spiro atoms. The first-order valence-electron chi connectivity index (χ1n) is 8.71. The number of methoxy groups -OCH3 is 1. The summed E-state index contributed by atoms with van der Waals surface area (Å²) in [6.07, 6.45) is 3.97. The normalized spacial score (nSPS) is 23.2. The van der Waals surface area contributed by atoms with Crippen LogP contribution in [0.5, 0.6) is 5.75 Å². The van der Waals surface area contributed by atoms with Gasteiger partial charge in [-0.15, -0.1) is 0 Å². The maximum absolute atomic E-state index is 15.2. The van der Waals surface area contributed by atoms with E-state index in [1.807, 2.05) is 24.3 Å². The van der Waals surface area contributed by atoms with Gasteiger partial charge in [-0.2, -0.15) is 0 Å². The lowest BCUT2D eigenvalue weighted by Crippen LogP contribution is -2.28. The minimum absolute atomic E-state index is 0.260. The molecule has 3 nitrogen and oxygen atoms in total. The third kappa shape index (κ3) is 2.48. The highest BCUT2D eigenvalue weighted by atomic mass is 19.1. The summed E-state index contributed by atoms with van der Waals surface area (Å²) in [6.45, 7) is 4.16. The quantitative estimate of drug-likeness (QED) is 0.766. The van der Waals surface area contributed by atoms with Crippen molar-refractivity contribution in [2.75, 3.05) is 13.7 Å². The predicted octanol–water partition coefficient (Wildman–Crippen LogP) is 3.98. The van der Waals surface area contributed by atoms with Crippen molar-refractivity contribution >= 4 is 18.1 Å². The van der Waals surface area contributed by atoms with Gasteiger partial charge in [0.2, 0.25) is 0 Å². The van der Waals surface area contributed by atoms with E-state index in [1.165, 1.54) is 11.6 Å². The molecular weight excluding hydrogens is 329 g/mol. The van der Waals surface area contributed by atoms with E-state index in [1.54, 1.807) is 19.2 Å². The zero-order chi connectivity index (χ0) is 18.3. The molecule has 0 saturated heterocycles. The highest BCUT2D eigenvalue weighted by Gasteiger charge is 2.58. The Morgan fingerprint density at radius 1 is 1.31 bits per heavy atom. The number of carbonyl (C=O) groups excluding carboxylic acids is 1. The molecule has 2 unspecified atom stereocenters. The van der Waals surface area contributed by atoms with Gasteiger partial charge in [0.15, 0.2) is 6.29 Å². The van der Waals surface area contributed by atoms with Gasteiger partial charge in [-0.25, -0.2) is 4.39 Å². The average Bonchev–Trinajstić information content (AvgIpc) is 3.35. The van der Waals surface area contributed by atoms with Crippen LogP contribution in [-0.4, -0.2) is 25.7 Å². The second-order valence-corrected chi connectivity index (χ2v) is 7.02. The molecule has 0 aromatic heterocycles. The standard InChI is InChI=1S/C22H20FNO2/c1-3-15-6-9-18-19(12-25)24-13-22(20(18)21(15)23)11-16(22)10-14-4-7-17(26-2)8-5-14/h3-9,12,16H,1,10-11,13H2,2H3. The van der Waals surface area contributed by atoms with Gasteiger partial charge in [-0.05, 0) is 36.5 Å². The lowest BCUT2D eigenvalue weighted by Gasteiger charge is -2.26. The summed E-state index contributed by atoms with van der Waals surface area (Å²) in [6, 6.07) is 11.4. The summed E-state index contributed by atoms with van der Waals surface area (Å²) >= 11 is 0. The van der Waals surface area contributed by atoms with Gasteiger partial charge in [0.25, 0.3) is 0 Å². The van der Waals surface area contributed by atoms with Crippen molar-refractivity contribution in [3.05, 3.63) is 71.0 Å². The Kier molecular flexibility index (Phi) is 3.98. The predicted molar refractivity (Wildman–Crippen MR) is 100 cm³/mol. The fourth-order valence-corrected chi connectivity index (χ4v) is 4.14. The van der Waals surface area contributed by atoms with Crippen molar-refractivity contribution in [1.29, 1.82) is 0 Å². The van der Waals surface area contributed by atoms with Gasteiger partial charge >= 0.3 is 0 Å². The maximum Gasteiger partial charge on any atom is 0.168 e. The third-order valence-electron chi connectivity index (χ3n) is 5.68. The number of aldehydes is 1.